The molecular formula is C14H22N6O3. The van der Waals surface area contributed by atoms with E-state index in [2.05, 4.69) is 15.1 Å². The molecule has 0 radical (unpaired) electrons. The van der Waals surface area contributed by atoms with Crippen molar-refractivity contribution in [1.82, 2.24) is 15.1 Å². The molecule has 0 unspecified atom stereocenters. The van der Waals surface area contributed by atoms with E-state index in [9.17, 15) is 4.79 Å². The maximum absolute atomic E-state index is 10.8. The smallest absolute Gasteiger partial charge is 0.171 e. The quantitative estimate of drug-likeness (QED) is 0.203. The van der Waals surface area contributed by atoms with Gasteiger partial charge in [0.05, 0.1) is 19.3 Å². The number of hydrogen-bond acceptors (Lipinski definition) is 8. The van der Waals surface area contributed by atoms with Gasteiger partial charge in [0, 0.05) is 12.5 Å². The number of rotatable bonds is 6. The van der Waals surface area contributed by atoms with Crippen molar-refractivity contribution in [3.63, 3.8) is 0 Å². The number of hydrazone groups is 1. The molecule has 1 aromatic heterocycles. The van der Waals surface area contributed by atoms with Gasteiger partial charge in [-0.15, -0.1) is 5.10 Å². The summed E-state index contributed by atoms with van der Waals surface area (Å²) in [7, 11) is 0. The van der Waals surface area contributed by atoms with Crippen LogP contribution in [0.5, 0.6) is 0 Å². The Morgan fingerprint density at radius 2 is 2.35 bits per heavy atom. The lowest BCUT2D eigenvalue weighted by Gasteiger charge is -2.29. The third-order valence-corrected chi connectivity index (χ3v) is 3.59. The van der Waals surface area contributed by atoms with Gasteiger partial charge >= 0.3 is 0 Å². The number of aliphatic hydroxyl groups excluding tert-OH is 1. The highest BCUT2D eigenvalue weighted by Gasteiger charge is 2.22. The topological polar surface area (TPSA) is 140 Å². The number of carbonyl (C=O) groups excluding carboxylic acids is 1. The molecule has 0 saturated carbocycles. The molecule has 0 amide bonds. The minimum Gasteiger partial charge on any atom is -0.396 e. The molecule has 0 aromatic carbocycles. The van der Waals surface area contributed by atoms with Crippen LogP contribution in [0.2, 0.25) is 0 Å². The Bertz CT molecular complexity index is 572. The predicted octanol–water partition coefficient (Wildman–Crippen LogP) is -0.819. The Morgan fingerprint density at radius 3 is 2.96 bits per heavy atom. The Labute approximate surface area is 134 Å². The molecule has 2 rings (SSSR count). The van der Waals surface area contributed by atoms with Gasteiger partial charge in [0.25, 0.3) is 0 Å². The van der Waals surface area contributed by atoms with Gasteiger partial charge in [-0.25, -0.2) is 20.9 Å². The van der Waals surface area contributed by atoms with Crippen LogP contribution in [-0.2, 0) is 4.74 Å². The Balaban J connectivity index is 1.97. The van der Waals surface area contributed by atoms with Gasteiger partial charge in [-0.05, 0) is 25.8 Å². The normalized spacial score (nSPS) is 22.0. The van der Waals surface area contributed by atoms with Crippen molar-refractivity contribution in [2.24, 2.45) is 22.6 Å². The maximum Gasteiger partial charge on any atom is 0.171 e. The predicted molar refractivity (Wildman–Crippen MR) is 83.3 cm³/mol. The third kappa shape index (κ3) is 4.95. The lowest BCUT2D eigenvalue weighted by Crippen LogP contribution is -2.40. The van der Waals surface area contributed by atoms with Crippen molar-refractivity contribution in [2.45, 2.75) is 25.9 Å². The van der Waals surface area contributed by atoms with E-state index in [1.54, 1.807) is 6.92 Å². The Hall–Kier alpha value is -2.10. The van der Waals surface area contributed by atoms with Crippen molar-refractivity contribution in [3.05, 3.63) is 23.3 Å². The molecule has 5 N–H and O–H groups in total. The summed E-state index contributed by atoms with van der Waals surface area (Å²) in [6, 6.07) is 1.45. The largest absolute Gasteiger partial charge is 0.396 e. The van der Waals surface area contributed by atoms with Crippen LogP contribution in [0.25, 0.3) is 0 Å². The zero-order valence-corrected chi connectivity index (χ0v) is 13.1. The first kappa shape index (κ1) is 17.3. The highest BCUT2D eigenvalue weighted by atomic mass is 16.5. The first-order valence-electron chi connectivity index (χ1n) is 7.41. The van der Waals surface area contributed by atoms with Gasteiger partial charge in [-0.1, -0.05) is 0 Å². The average Bonchev–Trinajstić information content (AvgIpc) is 2.54. The summed E-state index contributed by atoms with van der Waals surface area (Å²) in [6.07, 6.45) is 2.26. The molecule has 1 saturated heterocycles. The third-order valence-electron chi connectivity index (χ3n) is 3.59. The summed E-state index contributed by atoms with van der Waals surface area (Å²) in [5, 5.41) is 14.4. The molecule has 0 spiro atoms. The maximum atomic E-state index is 10.8. The van der Waals surface area contributed by atoms with Crippen LogP contribution in [0.15, 0.2) is 11.2 Å². The number of ether oxygens (including phenoxy) is 1. The van der Waals surface area contributed by atoms with E-state index in [4.69, 9.17) is 21.4 Å². The van der Waals surface area contributed by atoms with Crippen LogP contribution in [-0.4, -0.2) is 58.2 Å². The number of carbonyl (C=O) groups is 1. The first-order chi connectivity index (χ1) is 11.0. The molecule has 1 fully saturated rings. The molecular weight excluding hydrogens is 300 g/mol. The van der Waals surface area contributed by atoms with Crippen LogP contribution < -0.4 is 11.6 Å². The lowest BCUT2D eigenvalue weighted by atomic mass is 9.99. The molecule has 2 atom stereocenters. The van der Waals surface area contributed by atoms with Gasteiger partial charge in [0.15, 0.2) is 12.1 Å². The number of hydrazine groups is 1. The zero-order valence-electron chi connectivity index (χ0n) is 13.1. The molecule has 9 heteroatoms. The van der Waals surface area contributed by atoms with E-state index in [-0.39, 0.29) is 30.2 Å². The number of aromatic nitrogens is 2. The molecule has 1 aromatic rings. The van der Waals surface area contributed by atoms with Crippen molar-refractivity contribution < 1.29 is 14.6 Å². The van der Waals surface area contributed by atoms with Gasteiger partial charge in [-0.3, -0.25) is 4.79 Å². The number of nitrogens with zero attached hydrogens (tertiary/aromatic N) is 4. The Morgan fingerprint density at radius 1 is 1.57 bits per heavy atom. The van der Waals surface area contributed by atoms with Crippen molar-refractivity contribution >= 4 is 12.1 Å². The number of aliphatic hydroxyl groups is 1. The molecule has 0 aliphatic carbocycles. The second-order valence-corrected chi connectivity index (χ2v) is 5.53. The zero-order chi connectivity index (χ0) is 16.8. The van der Waals surface area contributed by atoms with E-state index in [1.165, 1.54) is 11.2 Å². The summed E-state index contributed by atoms with van der Waals surface area (Å²) < 4.78 is 5.63. The van der Waals surface area contributed by atoms with E-state index in [1.807, 2.05) is 0 Å². The van der Waals surface area contributed by atoms with Crippen LogP contribution in [0.4, 0.5) is 0 Å². The van der Waals surface area contributed by atoms with Crippen molar-refractivity contribution in [1.29, 1.82) is 0 Å². The van der Waals surface area contributed by atoms with Crippen LogP contribution >= 0.6 is 0 Å². The number of aryl methyl sites for hydroxylation is 1. The summed E-state index contributed by atoms with van der Waals surface area (Å²) in [4.78, 5) is 18.9. The Kier molecular flexibility index (Phi) is 5.97. The summed E-state index contributed by atoms with van der Waals surface area (Å²) >= 11 is 0. The monoisotopic (exact) mass is 322 g/mol. The van der Waals surface area contributed by atoms with Crippen LogP contribution in [0, 0.1) is 12.8 Å². The molecule has 0 bridgehead atoms. The van der Waals surface area contributed by atoms with Crippen LogP contribution in [0.1, 0.15) is 34.8 Å². The minimum absolute atomic E-state index is 0.0583. The molecule has 1 aliphatic rings. The van der Waals surface area contributed by atoms with E-state index < -0.39 is 0 Å². The van der Waals surface area contributed by atoms with Crippen molar-refractivity contribution in [2.75, 3.05) is 19.8 Å². The van der Waals surface area contributed by atoms with E-state index >= 15 is 0 Å². The fourth-order valence-electron chi connectivity index (χ4n) is 2.37. The van der Waals surface area contributed by atoms with Gasteiger partial charge in [-0.2, -0.15) is 0 Å². The molecule has 9 nitrogen and oxygen atoms in total. The first-order valence-corrected chi connectivity index (χ1v) is 7.41. The van der Waals surface area contributed by atoms with E-state index in [0.717, 1.165) is 12.8 Å². The number of hydrogen-bond donors (Lipinski definition) is 3. The fraction of sp³-hybridized carbons (Fsp3) is 0.571. The molecule has 2 heterocycles. The number of aldehydes is 1. The minimum atomic E-state index is -0.0583. The number of amidine groups is 1. The molecule has 126 valence electrons. The number of nitrogens with two attached hydrogens (primary N) is 2. The van der Waals surface area contributed by atoms with E-state index in [0.29, 0.717) is 31.0 Å². The highest BCUT2D eigenvalue weighted by Crippen LogP contribution is 2.18. The average molecular weight is 322 g/mol. The fourth-order valence-corrected chi connectivity index (χ4v) is 2.37. The summed E-state index contributed by atoms with van der Waals surface area (Å²) in [5.74, 6) is 6.56. The van der Waals surface area contributed by atoms with Gasteiger partial charge < -0.3 is 15.6 Å². The standard InChI is InChI=1S/C14H22N6O3/c1-9-17-11(7-22)4-13(18-9)14(15)19-20(16)5-12-3-2-10(6-21)8-23-12/h4,7,10,12,21H,2-3,5-6,8,16H2,1H3,(H2,15,19)/t10-,12+/m1/s1. The van der Waals surface area contributed by atoms with Gasteiger partial charge in [0.1, 0.15) is 17.2 Å². The second-order valence-electron chi connectivity index (χ2n) is 5.53. The molecule has 23 heavy (non-hydrogen) atoms. The SMILES string of the molecule is Cc1nc(C=O)cc(/C(N)=N/N(N)C[C@@H]2CC[C@H](CO)CO2)n1. The second kappa shape index (κ2) is 7.95. The van der Waals surface area contributed by atoms with Crippen molar-refractivity contribution in [3.8, 4) is 0 Å². The van der Waals surface area contributed by atoms with Crippen LogP contribution in [0.3, 0.4) is 0 Å². The molecule has 1 aliphatic heterocycles. The highest BCUT2D eigenvalue weighted by molar-refractivity contribution is 5.96. The van der Waals surface area contributed by atoms with Gasteiger partial charge in [0.2, 0.25) is 0 Å². The summed E-state index contributed by atoms with van der Waals surface area (Å²) in [6.45, 7) is 2.69. The summed E-state index contributed by atoms with van der Waals surface area (Å²) in [5.41, 5.74) is 6.47. The lowest BCUT2D eigenvalue weighted by molar-refractivity contribution is -0.0440.